The average Bonchev–Trinajstić information content (AvgIpc) is 2.72. The molecule has 0 aromatic heterocycles. The molecule has 2 fully saturated rings. The Morgan fingerprint density at radius 1 is 1.11 bits per heavy atom. The molecule has 2 aliphatic heterocycles. The molecule has 1 spiro atoms. The van der Waals surface area contributed by atoms with E-state index in [0.29, 0.717) is 5.91 Å². The summed E-state index contributed by atoms with van der Waals surface area (Å²) in [5, 5.41) is 0. The molecule has 0 aliphatic carbocycles. The van der Waals surface area contributed by atoms with Crippen LogP contribution in [0.1, 0.15) is 31.2 Å². The van der Waals surface area contributed by atoms with Gasteiger partial charge in [-0.25, -0.2) is 0 Å². The first-order chi connectivity index (χ1) is 9.20. The Balaban J connectivity index is 1.59. The van der Waals surface area contributed by atoms with Crippen LogP contribution in [0.4, 0.5) is 0 Å². The zero-order chi connectivity index (χ0) is 13.3. The first-order valence-corrected chi connectivity index (χ1v) is 7.23. The second-order valence-corrected chi connectivity index (χ2v) is 5.94. The molecule has 3 rings (SSSR count). The van der Waals surface area contributed by atoms with E-state index in [0.717, 1.165) is 45.3 Å². The van der Waals surface area contributed by atoms with Crippen molar-refractivity contribution in [1.82, 2.24) is 9.80 Å². The van der Waals surface area contributed by atoms with Crippen LogP contribution >= 0.6 is 0 Å². The molecule has 0 radical (unpaired) electrons. The van der Waals surface area contributed by atoms with Gasteiger partial charge >= 0.3 is 0 Å². The van der Waals surface area contributed by atoms with Crippen molar-refractivity contribution in [3.8, 4) is 0 Å². The van der Waals surface area contributed by atoms with Gasteiger partial charge in [0, 0.05) is 38.6 Å². The Hall–Kier alpha value is -1.35. The lowest BCUT2D eigenvalue weighted by Gasteiger charge is -2.43. The Labute approximate surface area is 115 Å². The van der Waals surface area contributed by atoms with Gasteiger partial charge in [0.05, 0.1) is 0 Å². The second-order valence-electron chi connectivity index (χ2n) is 5.94. The minimum absolute atomic E-state index is 0.171. The van der Waals surface area contributed by atoms with Crippen LogP contribution < -0.4 is 0 Å². The molecular weight excluding hydrogens is 236 g/mol. The third-order valence-corrected chi connectivity index (χ3v) is 4.93. The fourth-order valence-electron chi connectivity index (χ4n) is 3.49. The van der Waals surface area contributed by atoms with Crippen LogP contribution in [0.3, 0.4) is 0 Å². The second kappa shape index (κ2) is 4.97. The number of piperidine rings is 1. The predicted molar refractivity (Wildman–Crippen MR) is 75.7 cm³/mol. The highest BCUT2D eigenvalue weighted by Crippen LogP contribution is 2.38. The minimum Gasteiger partial charge on any atom is -0.340 e. The van der Waals surface area contributed by atoms with Gasteiger partial charge in [0.15, 0.2) is 0 Å². The largest absolute Gasteiger partial charge is 0.340 e. The molecule has 2 saturated heterocycles. The summed E-state index contributed by atoms with van der Waals surface area (Å²) in [5.74, 6) is 0.330. The lowest BCUT2D eigenvalue weighted by Crippen LogP contribution is -2.51. The quantitative estimate of drug-likeness (QED) is 0.812. The summed E-state index contributed by atoms with van der Waals surface area (Å²) in [6, 6.07) is 10.6. The summed E-state index contributed by atoms with van der Waals surface area (Å²) in [6.45, 7) is 3.24. The van der Waals surface area contributed by atoms with Crippen molar-refractivity contribution in [2.24, 2.45) is 0 Å². The summed E-state index contributed by atoms with van der Waals surface area (Å²) >= 11 is 0. The van der Waals surface area contributed by atoms with Gasteiger partial charge in [0.2, 0.25) is 5.91 Å². The maximum Gasteiger partial charge on any atom is 0.222 e. The van der Waals surface area contributed by atoms with Crippen molar-refractivity contribution < 1.29 is 4.79 Å². The van der Waals surface area contributed by atoms with Crippen LogP contribution in [-0.4, -0.2) is 41.4 Å². The molecule has 1 aromatic carbocycles. The number of carbonyl (C=O) groups excluding carboxylic acids is 1. The van der Waals surface area contributed by atoms with Gasteiger partial charge in [0.25, 0.3) is 0 Å². The van der Waals surface area contributed by atoms with Crippen LogP contribution in [0.15, 0.2) is 30.3 Å². The number of rotatable bonds is 2. The van der Waals surface area contributed by atoms with E-state index in [1.807, 2.05) is 11.9 Å². The highest BCUT2D eigenvalue weighted by Gasteiger charge is 2.44. The molecule has 3 heteroatoms. The van der Waals surface area contributed by atoms with Gasteiger partial charge in [-0.1, -0.05) is 30.3 Å². The SMILES string of the molecule is CN1C(=O)CCC12CCN(Cc1ccccc1)CC2. The fraction of sp³-hybridized carbons (Fsp3) is 0.562. The van der Waals surface area contributed by atoms with Gasteiger partial charge in [-0.15, -0.1) is 0 Å². The number of amides is 1. The molecule has 0 atom stereocenters. The number of likely N-dealkylation sites (tertiary alicyclic amines) is 2. The Kier molecular flexibility index (Phi) is 3.31. The van der Waals surface area contributed by atoms with Crippen molar-refractivity contribution in [2.45, 2.75) is 37.8 Å². The molecule has 2 heterocycles. The summed E-state index contributed by atoms with van der Waals surface area (Å²) in [7, 11) is 1.99. The molecule has 0 saturated carbocycles. The standard InChI is InChI=1S/C16H22N2O/c1-17-15(19)7-8-16(17)9-11-18(12-10-16)13-14-5-3-2-4-6-14/h2-6H,7-13H2,1H3. The average molecular weight is 258 g/mol. The molecule has 0 bridgehead atoms. The summed E-state index contributed by atoms with van der Waals surface area (Å²) in [4.78, 5) is 16.3. The highest BCUT2D eigenvalue weighted by molar-refractivity contribution is 5.79. The molecule has 102 valence electrons. The molecule has 1 aromatic rings. The van der Waals surface area contributed by atoms with E-state index in [9.17, 15) is 4.79 Å². The lowest BCUT2D eigenvalue weighted by molar-refractivity contribution is -0.130. The third kappa shape index (κ3) is 2.39. The number of nitrogens with zero attached hydrogens (tertiary/aromatic N) is 2. The number of carbonyl (C=O) groups is 1. The predicted octanol–water partition coefficient (Wildman–Crippen LogP) is 2.27. The van der Waals surface area contributed by atoms with Gasteiger partial charge in [-0.05, 0) is 24.8 Å². The fourth-order valence-corrected chi connectivity index (χ4v) is 3.49. The molecule has 1 amide bonds. The van der Waals surface area contributed by atoms with Crippen molar-refractivity contribution in [3.63, 3.8) is 0 Å². The number of benzene rings is 1. The summed E-state index contributed by atoms with van der Waals surface area (Å²) < 4.78 is 0. The molecule has 0 unspecified atom stereocenters. The molecule has 3 nitrogen and oxygen atoms in total. The first-order valence-electron chi connectivity index (χ1n) is 7.23. The minimum atomic E-state index is 0.171. The van der Waals surface area contributed by atoms with Crippen molar-refractivity contribution in [1.29, 1.82) is 0 Å². The van der Waals surface area contributed by atoms with E-state index in [-0.39, 0.29) is 5.54 Å². The topological polar surface area (TPSA) is 23.6 Å². The molecule has 0 N–H and O–H groups in total. The number of hydrogen-bond donors (Lipinski definition) is 0. The van der Waals surface area contributed by atoms with E-state index < -0.39 is 0 Å². The van der Waals surface area contributed by atoms with E-state index in [2.05, 4.69) is 35.2 Å². The number of hydrogen-bond acceptors (Lipinski definition) is 2. The van der Waals surface area contributed by atoms with Crippen LogP contribution in [-0.2, 0) is 11.3 Å². The van der Waals surface area contributed by atoms with E-state index in [4.69, 9.17) is 0 Å². The van der Waals surface area contributed by atoms with E-state index in [1.165, 1.54) is 5.56 Å². The van der Waals surface area contributed by atoms with Gasteiger partial charge in [-0.3, -0.25) is 9.69 Å². The van der Waals surface area contributed by atoms with Gasteiger partial charge < -0.3 is 4.90 Å². The van der Waals surface area contributed by atoms with Crippen LogP contribution in [0, 0.1) is 0 Å². The van der Waals surface area contributed by atoms with Crippen molar-refractivity contribution in [2.75, 3.05) is 20.1 Å². The maximum absolute atomic E-state index is 11.7. The van der Waals surface area contributed by atoms with Gasteiger partial charge in [-0.2, -0.15) is 0 Å². The Bertz CT molecular complexity index is 449. The monoisotopic (exact) mass is 258 g/mol. The van der Waals surface area contributed by atoms with E-state index in [1.54, 1.807) is 0 Å². The van der Waals surface area contributed by atoms with Crippen molar-refractivity contribution in [3.05, 3.63) is 35.9 Å². The molecular formula is C16H22N2O. The lowest BCUT2D eigenvalue weighted by atomic mass is 9.85. The van der Waals surface area contributed by atoms with E-state index >= 15 is 0 Å². The zero-order valence-corrected chi connectivity index (χ0v) is 11.6. The smallest absolute Gasteiger partial charge is 0.222 e. The normalized spacial score (nSPS) is 23.2. The van der Waals surface area contributed by atoms with Crippen LogP contribution in [0.25, 0.3) is 0 Å². The van der Waals surface area contributed by atoms with Crippen LogP contribution in [0.5, 0.6) is 0 Å². The molecule has 19 heavy (non-hydrogen) atoms. The van der Waals surface area contributed by atoms with Gasteiger partial charge in [0.1, 0.15) is 0 Å². The Morgan fingerprint density at radius 3 is 2.37 bits per heavy atom. The highest BCUT2D eigenvalue weighted by atomic mass is 16.2. The zero-order valence-electron chi connectivity index (χ0n) is 11.6. The Morgan fingerprint density at radius 2 is 1.79 bits per heavy atom. The summed E-state index contributed by atoms with van der Waals surface area (Å²) in [5.41, 5.74) is 1.55. The summed E-state index contributed by atoms with van der Waals surface area (Å²) in [6.07, 6.45) is 4.06. The maximum atomic E-state index is 11.7. The first kappa shape index (κ1) is 12.7. The van der Waals surface area contributed by atoms with Crippen molar-refractivity contribution >= 4 is 5.91 Å². The molecule has 2 aliphatic rings. The third-order valence-electron chi connectivity index (χ3n) is 4.93. The van der Waals surface area contributed by atoms with Crippen LogP contribution in [0.2, 0.25) is 0 Å².